The number of anilines is 1. The molecule has 0 radical (unpaired) electrons. The minimum Gasteiger partial charge on any atom is -0.457 e. The molecular formula is C26H26N3O6+. The van der Waals surface area contributed by atoms with Crippen LogP contribution in [-0.4, -0.2) is 58.9 Å². The van der Waals surface area contributed by atoms with Crippen molar-refractivity contribution in [2.75, 3.05) is 31.5 Å². The Morgan fingerprint density at radius 1 is 1.06 bits per heavy atom. The number of amides is 1. The zero-order chi connectivity index (χ0) is 24.0. The minimum atomic E-state index is -1.98. The molecule has 9 nitrogen and oxygen atoms in total. The first-order valence-corrected chi connectivity index (χ1v) is 11.8. The molecule has 9 heteroatoms. The Morgan fingerprint density at radius 2 is 1.71 bits per heavy atom. The molecule has 3 aromatic rings. The predicted octanol–water partition coefficient (Wildman–Crippen LogP) is 2.81. The van der Waals surface area contributed by atoms with E-state index < -0.39 is 17.7 Å². The summed E-state index contributed by atoms with van der Waals surface area (Å²) in [4.78, 5) is 26.4. The molecule has 2 aromatic carbocycles. The highest BCUT2D eigenvalue weighted by atomic mass is 16.6. The van der Waals surface area contributed by atoms with Crippen LogP contribution in [-0.2, 0) is 19.9 Å². The van der Waals surface area contributed by atoms with E-state index in [1.54, 1.807) is 54.6 Å². The minimum absolute atomic E-state index is 0.157. The van der Waals surface area contributed by atoms with Crippen molar-refractivity contribution in [3.8, 4) is 11.5 Å². The number of piperidine rings is 3. The van der Waals surface area contributed by atoms with Crippen molar-refractivity contribution in [3.05, 3.63) is 72.0 Å². The summed E-state index contributed by atoms with van der Waals surface area (Å²) in [6, 6.07) is 15.5. The van der Waals surface area contributed by atoms with Crippen LogP contribution in [0.5, 0.6) is 11.5 Å². The lowest BCUT2D eigenvalue weighted by Crippen LogP contribution is -2.66. The number of hydrogen-bond donors (Lipinski definition) is 2. The molecule has 0 aliphatic carbocycles. The van der Waals surface area contributed by atoms with Crippen LogP contribution in [0.1, 0.15) is 24.0 Å². The number of esters is 1. The van der Waals surface area contributed by atoms with Gasteiger partial charge in [0.15, 0.2) is 18.5 Å². The molecule has 0 unspecified atom stereocenters. The highest BCUT2D eigenvalue weighted by Crippen LogP contribution is 2.48. The molecule has 3 saturated heterocycles. The number of carbonyl (C=O) groups excluding carboxylic acids is 2. The molecule has 35 heavy (non-hydrogen) atoms. The first-order valence-electron chi connectivity index (χ1n) is 11.8. The fraction of sp³-hybridized carbons (Fsp3) is 0.346. The predicted molar refractivity (Wildman–Crippen MR) is 123 cm³/mol. The molecule has 1 atom stereocenters. The third kappa shape index (κ3) is 3.67. The Bertz CT molecular complexity index is 1220. The van der Waals surface area contributed by atoms with Gasteiger partial charge < -0.3 is 28.9 Å². The number of benzene rings is 2. The number of carbonyl (C=O) groups is 2. The fourth-order valence-electron chi connectivity index (χ4n) is 5.76. The molecule has 0 saturated carbocycles. The Labute approximate surface area is 201 Å². The van der Waals surface area contributed by atoms with Gasteiger partial charge in [-0.05, 0) is 12.1 Å². The van der Waals surface area contributed by atoms with Crippen LogP contribution in [0.2, 0.25) is 0 Å². The SMILES string of the molecule is O=C(C[N+]12CCC(CC1)[C@@H](OC(=O)C1(O)c3ccccc3Oc3ccccc31)C2)Nc1ccon1. The standard InChI is InChI=1S/C26H25N3O6/c30-24(27-23-11-14-33-28-23)16-29-12-9-17(10-13-29)22(15-29)35-25(31)26(32)18-5-1-3-7-20(18)34-21-8-4-2-6-19(21)26/h1-8,11,14,17,22,32H,9-10,12-13,15-16H2/p+1/t17?,22-,29?/m0/s1. The highest BCUT2D eigenvalue weighted by molar-refractivity contribution is 5.90. The van der Waals surface area contributed by atoms with Crippen LogP contribution in [0.3, 0.4) is 0 Å². The molecule has 0 spiro atoms. The summed E-state index contributed by atoms with van der Waals surface area (Å²) in [5, 5.41) is 18.4. The maximum absolute atomic E-state index is 13.7. The monoisotopic (exact) mass is 476 g/mol. The number of aromatic nitrogens is 1. The van der Waals surface area contributed by atoms with Crippen molar-refractivity contribution in [2.45, 2.75) is 24.5 Å². The largest absolute Gasteiger partial charge is 0.457 e. The first-order chi connectivity index (χ1) is 17.0. The second-order valence-electron chi connectivity index (χ2n) is 9.65. The van der Waals surface area contributed by atoms with Crippen LogP contribution in [0.4, 0.5) is 5.82 Å². The van der Waals surface area contributed by atoms with E-state index in [9.17, 15) is 14.7 Å². The lowest BCUT2D eigenvalue weighted by atomic mass is 9.81. The Morgan fingerprint density at radius 3 is 2.34 bits per heavy atom. The van der Waals surface area contributed by atoms with Gasteiger partial charge in [-0.3, -0.25) is 4.79 Å². The van der Waals surface area contributed by atoms with Crippen LogP contribution < -0.4 is 10.1 Å². The van der Waals surface area contributed by atoms with Crippen molar-refractivity contribution < 1.29 is 33.2 Å². The third-order valence-electron chi connectivity index (χ3n) is 7.55. The number of nitrogens with one attached hydrogen (secondary N) is 1. The van der Waals surface area contributed by atoms with Crippen molar-refractivity contribution in [1.29, 1.82) is 0 Å². The van der Waals surface area contributed by atoms with Gasteiger partial charge in [0.1, 0.15) is 24.3 Å². The smallest absolute Gasteiger partial charge is 0.348 e. The van der Waals surface area contributed by atoms with Gasteiger partial charge in [0.25, 0.3) is 5.91 Å². The van der Waals surface area contributed by atoms with Crippen molar-refractivity contribution in [3.63, 3.8) is 0 Å². The van der Waals surface area contributed by atoms with E-state index >= 15 is 0 Å². The molecule has 7 rings (SSSR count). The van der Waals surface area contributed by atoms with Crippen molar-refractivity contribution in [2.24, 2.45) is 5.92 Å². The Kier molecular flexibility index (Phi) is 5.12. The molecule has 5 heterocycles. The van der Waals surface area contributed by atoms with Crippen LogP contribution in [0.25, 0.3) is 0 Å². The van der Waals surface area contributed by atoms with E-state index in [0.29, 0.717) is 39.5 Å². The highest BCUT2D eigenvalue weighted by Gasteiger charge is 2.53. The zero-order valence-electron chi connectivity index (χ0n) is 19.1. The van der Waals surface area contributed by atoms with Crippen molar-refractivity contribution >= 4 is 17.7 Å². The van der Waals surface area contributed by atoms with Gasteiger partial charge in [0, 0.05) is 36.0 Å². The zero-order valence-corrected chi connectivity index (χ0v) is 19.1. The first kappa shape index (κ1) is 21.8. The quantitative estimate of drug-likeness (QED) is 0.430. The van der Waals surface area contributed by atoms with E-state index in [0.717, 1.165) is 25.9 Å². The van der Waals surface area contributed by atoms with Gasteiger partial charge >= 0.3 is 5.97 Å². The van der Waals surface area contributed by atoms with Gasteiger partial charge in [0.05, 0.1) is 13.1 Å². The Balaban J connectivity index is 1.24. The molecular weight excluding hydrogens is 450 g/mol. The summed E-state index contributed by atoms with van der Waals surface area (Å²) >= 11 is 0. The van der Waals surface area contributed by atoms with Gasteiger partial charge in [-0.2, -0.15) is 0 Å². The summed E-state index contributed by atoms with van der Waals surface area (Å²) in [5.74, 6) is 0.550. The fourth-order valence-corrected chi connectivity index (χ4v) is 5.76. The number of fused-ring (bicyclic) bond motifs is 5. The number of para-hydroxylation sites is 2. The number of quaternary nitrogens is 1. The second kappa shape index (κ2) is 8.21. The van der Waals surface area contributed by atoms with Crippen LogP contribution >= 0.6 is 0 Å². The maximum atomic E-state index is 13.7. The number of hydrogen-bond acceptors (Lipinski definition) is 7. The van der Waals surface area contributed by atoms with Gasteiger partial charge in [-0.15, -0.1) is 0 Å². The molecule has 2 bridgehead atoms. The van der Waals surface area contributed by atoms with E-state index in [-0.39, 0.29) is 18.4 Å². The average molecular weight is 477 g/mol. The van der Waals surface area contributed by atoms with Crippen molar-refractivity contribution in [1.82, 2.24) is 5.16 Å². The number of ether oxygens (including phenoxy) is 2. The summed E-state index contributed by atoms with van der Waals surface area (Å²) in [7, 11) is 0. The lowest BCUT2D eigenvalue weighted by Gasteiger charge is -2.51. The average Bonchev–Trinajstić information content (AvgIpc) is 3.37. The van der Waals surface area contributed by atoms with E-state index in [1.807, 2.05) is 0 Å². The van der Waals surface area contributed by atoms with Gasteiger partial charge in [-0.1, -0.05) is 41.6 Å². The molecule has 3 fully saturated rings. The lowest BCUT2D eigenvalue weighted by molar-refractivity contribution is -0.939. The topological polar surface area (TPSA) is 111 Å². The number of nitrogens with zero attached hydrogens (tertiary/aromatic N) is 2. The molecule has 4 aliphatic heterocycles. The van der Waals surface area contributed by atoms with Gasteiger partial charge in [-0.25, -0.2) is 4.79 Å². The summed E-state index contributed by atoms with van der Waals surface area (Å²) < 4.78 is 17.3. The van der Waals surface area contributed by atoms with Crippen LogP contribution in [0.15, 0.2) is 65.4 Å². The normalized spacial score (nSPS) is 25.6. The van der Waals surface area contributed by atoms with E-state index in [2.05, 4.69) is 10.5 Å². The third-order valence-corrected chi connectivity index (χ3v) is 7.55. The van der Waals surface area contributed by atoms with E-state index in [1.165, 1.54) is 6.26 Å². The molecule has 4 aliphatic rings. The summed E-state index contributed by atoms with van der Waals surface area (Å²) in [6.45, 7) is 2.47. The molecule has 180 valence electrons. The molecule has 1 aromatic heterocycles. The molecule has 2 N–H and O–H groups in total. The second-order valence-corrected chi connectivity index (χ2v) is 9.65. The van der Waals surface area contributed by atoms with E-state index in [4.69, 9.17) is 14.0 Å². The summed E-state index contributed by atoms with van der Waals surface area (Å²) in [6.07, 6.45) is 2.71. The number of rotatable bonds is 5. The summed E-state index contributed by atoms with van der Waals surface area (Å²) in [5.41, 5.74) is -1.26. The van der Waals surface area contributed by atoms with Crippen LogP contribution in [0, 0.1) is 5.92 Å². The van der Waals surface area contributed by atoms with Gasteiger partial charge in [0.2, 0.25) is 5.60 Å². The Hall–Kier alpha value is -3.69. The maximum Gasteiger partial charge on any atom is 0.348 e. The molecule has 1 amide bonds. The number of aliphatic hydroxyl groups is 1.